The SMILES string of the molecule is CCCCCCCCCCCCNC(=O)N[C@@H](Cc1ccc2c(c1)OCCO2)CN1CCCC1. The molecular formula is C28H47N3O3. The van der Waals surface area contributed by atoms with Crippen LogP contribution in [0, 0.1) is 0 Å². The maximum Gasteiger partial charge on any atom is 0.315 e. The van der Waals surface area contributed by atoms with Crippen LogP contribution in [0.25, 0.3) is 0 Å². The first-order chi connectivity index (χ1) is 16.7. The normalized spacial score (nSPS) is 16.4. The van der Waals surface area contributed by atoms with Gasteiger partial charge in [-0.15, -0.1) is 0 Å². The first-order valence-electron chi connectivity index (χ1n) is 13.9. The number of rotatable bonds is 16. The molecule has 2 aliphatic rings. The largest absolute Gasteiger partial charge is 0.486 e. The minimum atomic E-state index is -0.0438. The van der Waals surface area contributed by atoms with E-state index in [1.54, 1.807) is 0 Å². The van der Waals surface area contributed by atoms with Crippen LogP contribution in [0.15, 0.2) is 18.2 Å². The molecule has 192 valence electrons. The van der Waals surface area contributed by atoms with Crippen LogP contribution in [0.3, 0.4) is 0 Å². The van der Waals surface area contributed by atoms with Crippen molar-refractivity contribution in [1.82, 2.24) is 15.5 Å². The average molecular weight is 474 g/mol. The fourth-order valence-electron chi connectivity index (χ4n) is 4.99. The van der Waals surface area contributed by atoms with Gasteiger partial charge in [-0.25, -0.2) is 4.79 Å². The van der Waals surface area contributed by atoms with Crippen LogP contribution in [0.5, 0.6) is 11.5 Å². The lowest BCUT2D eigenvalue weighted by atomic mass is 10.0. The van der Waals surface area contributed by atoms with E-state index in [1.165, 1.54) is 76.2 Å². The number of benzene rings is 1. The first kappa shape index (κ1) is 26.7. The van der Waals surface area contributed by atoms with Crippen molar-refractivity contribution in [3.63, 3.8) is 0 Å². The Balaban J connectivity index is 1.34. The van der Waals surface area contributed by atoms with Crippen molar-refractivity contribution in [2.45, 2.75) is 96.4 Å². The highest BCUT2D eigenvalue weighted by atomic mass is 16.6. The summed E-state index contributed by atoms with van der Waals surface area (Å²) in [5.74, 6) is 1.63. The average Bonchev–Trinajstić information content (AvgIpc) is 3.35. The molecule has 1 aromatic rings. The minimum Gasteiger partial charge on any atom is -0.486 e. The van der Waals surface area contributed by atoms with Gasteiger partial charge in [0, 0.05) is 19.1 Å². The molecular weight excluding hydrogens is 426 g/mol. The Morgan fingerprint density at radius 2 is 1.56 bits per heavy atom. The van der Waals surface area contributed by atoms with Crippen molar-refractivity contribution < 1.29 is 14.3 Å². The van der Waals surface area contributed by atoms with Crippen LogP contribution >= 0.6 is 0 Å². The van der Waals surface area contributed by atoms with Gasteiger partial charge >= 0.3 is 6.03 Å². The second kappa shape index (κ2) is 15.9. The second-order valence-electron chi connectivity index (χ2n) is 9.97. The Bertz CT molecular complexity index is 706. The van der Waals surface area contributed by atoms with Crippen molar-refractivity contribution in [2.75, 3.05) is 39.4 Å². The number of carbonyl (C=O) groups excluding carboxylic acids is 1. The number of hydrogen-bond donors (Lipinski definition) is 2. The topological polar surface area (TPSA) is 62.8 Å². The third-order valence-corrected chi connectivity index (χ3v) is 6.92. The molecule has 0 aliphatic carbocycles. The van der Waals surface area contributed by atoms with E-state index in [-0.39, 0.29) is 12.1 Å². The summed E-state index contributed by atoms with van der Waals surface area (Å²) in [7, 11) is 0. The molecule has 0 unspecified atom stereocenters. The number of amides is 2. The van der Waals surface area contributed by atoms with Crippen molar-refractivity contribution >= 4 is 6.03 Å². The van der Waals surface area contributed by atoms with Crippen LogP contribution in [-0.2, 0) is 6.42 Å². The number of unbranched alkanes of at least 4 members (excludes halogenated alkanes) is 9. The van der Waals surface area contributed by atoms with E-state index >= 15 is 0 Å². The van der Waals surface area contributed by atoms with E-state index in [1.807, 2.05) is 6.07 Å². The number of hydrogen-bond acceptors (Lipinski definition) is 4. The molecule has 2 N–H and O–H groups in total. The van der Waals surface area contributed by atoms with Gasteiger partial charge in [0.2, 0.25) is 0 Å². The number of fused-ring (bicyclic) bond motifs is 1. The summed E-state index contributed by atoms with van der Waals surface area (Å²) in [4.78, 5) is 15.1. The first-order valence-corrected chi connectivity index (χ1v) is 13.9. The molecule has 0 bridgehead atoms. The molecule has 1 fully saturated rings. The summed E-state index contributed by atoms with van der Waals surface area (Å²) in [5.41, 5.74) is 1.17. The number of likely N-dealkylation sites (tertiary alicyclic amines) is 1. The Hall–Kier alpha value is -1.95. The predicted octanol–water partition coefficient (Wildman–Crippen LogP) is 5.68. The van der Waals surface area contributed by atoms with Gasteiger partial charge in [0.05, 0.1) is 0 Å². The minimum absolute atomic E-state index is 0.0438. The number of urea groups is 1. The third-order valence-electron chi connectivity index (χ3n) is 6.92. The predicted molar refractivity (Wildman–Crippen MR) is 139 cm³/mol. The maximum absolute atomic E-state index is 12.6. The number of nitrogens with zero attached hydrogens (tertiary/aromatic N) is 1. The number of carbonyl (C=O) groups is 1. The van der Waals surface area contributed by atoms with Crippen LogP contribution in [0.4, 0.5) is 4.79 Å². The van der Waals surface area contributed by atoms with Crippen LogP contribution < -0.4 is 20.1 Å². The van der Waals surface area contributed by atoms with Gasteiger partial charge < -0.3 is 25.0 Å². The lowest BCUT2D eigenvalue weighted by Gasteiger charge is -2.25. The highest BCUT2D eigenvalue weighted by molar-refractivity contribution is 5.74. The number of nitrogens with one attached hydrogen (secondary N) is 2. The molecule has 0 spiro atoms. The summed E-state index contributed by atoms with van der Waals surface area (Å²) in [6, 6.07) is 6.18. The van der Waals surface area contributed by atoms with Gasteiger partial charge in [0.1, 0.15) is 13.2 Å². The van der Waals surface area contributed by atoms with E-state index in [9.17, 15) is 4.79 Å². The molecule has 2 amide bonds. The fraction of sp³-hybridized carbons (Fsp3) is 0.750. The van der Waals surface area contributed by atoms with Crippen LogP contribution in [0.2, 0.25) is 0 Å². The van der Waals surface area contributed by atoms with Crippen molar-refractivity contribution in [3.05, 3.63) is 23.8 Å². The molecule has 3 rings (SSSR count). The Labute approximate surface area is 207 Å². The summed E-state index contributed by atoms with van der Waals surface area (Å²) in [5, 5.41) is 6.33. The van der Waals surface area contributed by atoms with Gasteiger partial charge in [-0.1, -0.05) is 70.8 Å². The summed E-state index contributed by atoms with van der Waals surface area (Å²) < 4.78 is 11.4. The zero-order valence-corrected chi connectivity index (χ0v) is 21.4. The molecule has 0 aromatic heterocycles. The summed E-state index contributed by atoms with van der Waals surface area (Å²) in [6.45, 7) is 7.35. The molecule has 0 radical (unpaired) electrons. The van der Waals surface area contributed by atoms with Crippen LogP contribution in [-0.4, -0.2) is 56.4 Å². The zero-order chi connectivity index (χ0) is 23.8. The quantitative estimate of drug-likeness (QED) is 0.303. The van der Waals surface area contributed by atoms with Gasteiger partial charge in [-0.3, -0.25) is 0 Å². The zero-order valence-electron chi connectivity index (χ0n) is 21.4. The summed E-state index contributed by atoms with van der Waals surface area (Å²) in [6.07, 6.45) is 16.4. The van der Waals surface area contributed by atoms with E-state index in [2.05, 4.69) is 34.6 Å². The molecule has 2 heterocycles. The molecule has 1 atom stereocenters. The van der Waals surface area contributed by atoms with E-state index in [0.717, 1.165) is 50.5 Å². The molecule has 6 heteroatoms. The van der Waals surface area contributed by atoms with Crippen molar-refractivity contribution in [1.29, 1.82) is 0 Å². The number of ether oxygens (including phenoxy) is 2. The van der Waals surface area contributed by atoms with E-state index in [4.69, 9.17) is 9.47 Å². The summed E-state index contributed by atoms with van der Waals surface area (Å²) >= 11 is 0. The third kappa shape index (κ3) is 10.1. The maximum atomic E-state index is 12.6. The second-order valence-corrected chi connectivity index (χ2v) is 9.97. The van der Waals surface area contributed by atoms with Gasteiger partial charge in [0.15, 0.2) is 11.5 Å². The van der Waals surface area contributed by atoms with Crippen molar-refractivity contribution in [3.8, 4) is 11.5 Å². The molecule has 34 heavy (non-hydrogen) atoms. The van der Waals surface area contributed by atoms with E-state index < -0.39 is 0 Å². The highest BCUT2D eigenvalue weighted by Gasteiger charge is 2.21. The fourth-order valence-corrected chi connectivity index (χ4v) is 4.99. The highest BCUT2D eigenvalue weighted by Crippen LogP contribution is 2.31. The van der Waals surface area contributed by atoms with Crippen LogP contribution in [0.1, 0.15) is 89.5 Å². The molecule has 1 saturated heterocycles. The smallest absolute Gasteiger partial charge is 0.315 e. The van der Waals surface area contributed by atoms with E-state index in [0.29, 0.717) is 13.2 Å². The van der Waals surface area contributed by atoms with Crippen molar-refractivity contribution in [2.24, 2.45) is 0 Å². The molecule has 0 saturated carbocycles. The lowest BCUT2D eigenvalue weighted by Crippen LogP contribution is -2.48. The van der Waals surface area contributed by atoms with Gasteiger partial charge in [-0.2, -0.15) is 0 Å². The Morgan fingerprint density at radius 1 is 0.912 bits per heavy atom. The van der Waals surface area contributed by atoms with Gasteiger partial charge in [-0.05, 0) is 56.5 Å². The Morgan fingerprint density at radius 3 is 2.26 bits per heavy atom. The molecule has 6 nitrogen and oxygen atoms in total. The van der Waals surface area contributed by atoms with Gasteiger partial charge in [0.25, 0.3) is 0 Å². The molecule has 1 aromatic carbocycles. The standard InChI is InChI=1S/C28H47N3O3/c1-2-3-4-5-6-7-8-9-10-11-16-29-28(32)30-25(23-31-17-12-13-18-31)21-24-14-15-26-27(22-24)34-20-19-33-26/h14-15,22,25H,2-13,16-21,23H2,1H3,(H2,29,30,32)/t25-/m0/s1. The monoisotopic (exact) mass is 473 g/mol. The Kier molecular flexibility index (Phi) is 12.4. The molecule has 2 aliphatic heterocycles. The lowest BCUT2D eigenvalue weighted by molar-refractivity contribution is 0.171.